The van der Waals surface area contributed by atoms with Gasteiger partial charge in [0, 0.05) is 12.2 Å². The number of rotatable bonds is 6. The Bertz CT molecular complexity index is 376. The minimum atomic E-state index is 0.384. The number of aromatic nitrogens is 1. The molecule has 1 aromatic heterocycles. The molecular formula is C13H22N4. The summed E-state index contributed by atoms with van der Waals surface area (Å²) in [5.41, 5.74) is 13.8. The number of nitrogens with zero attached hydrogens (tertiary/aromatic N) is 1. The average Bonchev–Trinajstić information content (AvgIpc) is 2.31. The van der Waals surface area contributed by atoms with Crippen molar-refractivity contribution < 1.29 is 0 Å². The summed E-state index contributed by atoms with van der Waals surface area (Å²) in [6, 6.07) is 2.11. The molecule has 0 saturated carbocycles. The van der Waals surface area contributed by atoms with Gasteiger partial charge in [0.1, 0.15) is 0 Å². The summed E-state index contributed by atoms with van der Waals surface area (Å²) in [5.74, 6) is 0.426. The minimum absolute atomic E-state index is 0.384. The fourth-order valence-corrected chi connectivity index (χ4v) is 1.96. The molecule has 0 bridgehead atoms. The van der Waals surface area contributed by atoms with Crippen LogP contribution in [-0.2, 0) is 6.42 Å². The van der Waals surface area contributed by atoms with Gasteiger partial charge in [0.25, 0.3) is 0 Å². The van der Waals surface area contributed by atoms with E-state index >= 15 is 0 Å². The van der Waals surface area contributed by atoms with Crippen LogP contribution in [0.4, 0.5) is 11.4 Å². The maximum absolute atomic E-state index is 5.92. The zero-order chi connectivity index (χ0) is 12.8. The summed E-state index contributed by atoms with van der Waals surface area (Å²) < 4.78 is 0. The third-order valence-electron chi connectivity index (χ3n) is 3.10. The molecule has 0 aliphatic carbocycles. The first-order chi connectivity index (χ1) is 8.10. The number of nitrogens with two attached hydrogens (primary N) is 2. The van der Waals surface area contributed by atoms with Gasteiger partial charge in [0.05, 0.1) is 17.1 Å². The summed E-state index contributed by atoms with van der Waals surface area (Å²) in [5, 5.41) is 3.29. The molecule has 0 aliphatic rings. The van der Waals surface area contributed by atoms with E-state index in [1.165, 1.54) is 0 Å². The number of hydrogen-bond donors (Lipinski definition) is 3. The first kappa shape index (κ1) is 13.5. The van der Waals surface area contributed by atoms with Gasteiger partial charge in [-0.3, -0.25) is 4.98 Å². The number of nitrogen functional groups attached to an aromatic ring is 2. The van der Waals surface area contributed by atoms with E-state index in [0.717, 1.165) is 18.5 Å². The van der Waals surface area contributed by atoms with Crippen molar-refractivity contribution in [1.29, 1.82) is 0 Å². The van der Waals surface area contributed by atoms with Crippen molar-refractivity contribution in [1.82, 2.24) is 10.3 Å². The van der Waals surface area contributed by atoms with Crippen LogP contribution in [-0.4, -0.2) is 18.1 Å². The Morgan fingerprint density at radius 3 is 2.82 bits per heavy atom. The molecule has 0 amide bonds. The highest BCUT2D eigenvalue weighted by molar-refractivity contribution is 5.64. The van der Waals surface area contributed by atoms with Gasteiger partial charge in [0.15, 0.2) is 0 Å². The summed E-state index contributed by atoms with van der Waals surface area (Å²) in [4.78, 5) is 4.30. The highest BCUT2D eigenvalue weighted by Gasteiger charge is 2.16. The van der Waals surface area contributed by atoms with Gasteiger partial charge in [-0.25, -0.2) is 0 Å². The number of pyridine rings is 1. The smallest absolute Gasteiger partial charge is 0.0766 e. The maximum Gasteiger partial charge on any atom is 0.0766 e. The molecule has 4 nitrogen and oxygen atoms in total. The van der Waals surface area contributed by atoms with Crippen LogP contribution in [0.1, 0.15) is 19.0 Å². The number of nitrogens with one attached hydrogen (secondary N) is 1. The fraction of sp³-hybridized carbons (Fsp3) is 0.462. The van der Waals surface area contributed by atoms with Crippen LogP contribution in [0.5, 0.6) is 0 Å². The monoisotopic (exact) mass is 234 g/mol. The maximum atomic E-state index is 5.92. The summed E-state index contributed by atoms with van der Waals surface area (Å²) >= 11 is 0. The Morgan fingerprint density at radius 1 is 1.53 bits per heavy atom. The first-order valence-electron chi connectivity index (χ1n) is 5.87. The molecule has 0 spiro atoms. The Balaban J connectivity index is 2.76. The lowest BCUT2D eigenvalue weighted by molar-refractivity contribution is 0.397. The van der Waals surface area contributed by atoms with Crippen molar-refractivity contribution in [2.75, 3.05) is 18.5 Å². The van der Waals surface area contributed by atoms with E-state index in [9.17, 15) is 0 Å². The van der Waals surface area contributed by atoms with Crippen molar-refractivity contribution >= 4 is 11.4 Å². The Hall–Kier alpha value is -1.55. The molecule has 2 atom stereocenters. The van der Waals surface area contributed by atoms with Crippen LogP contribution < -0.4 is 16.8 Å². The van der Waals surface area contributed by atoms with E-state index < -0.39 is 0 Å². The molecule has 4 heteroatoms. The fourth-order valence-electron chi connectivity index (χ4n) is 1.96. The zero-order valence-corrected chi connectivity index (χ0v) is 10.6. The Labute approximate surface area is 103 Å². The van der Waals surface area contributed by atoms with Crippen molar-refractivity contribution in [2.24, 2.45) is 5.92 Å². The molecule has 0 aliphatic heterocycles. The van der Waals surface area contributed by atoms with Crippen LogP contribution >= 0.6 is 0 Å². The van der Waals surface area contributed by atoms with E-state index in [2.05, 4.69) is 23.8 Å². The van der Waals surface area contributed by atoms with Crippen molar-refractivity contribution in [2.45, 2.75) is 25.8 Å². The molecule has 0 radical (unpaired) electrons. The molecule has 5 N–H and O–H groups in total. The van der Waals surface area contributed by atoms with Crippen LogP contribution in [0.25, 0.3) is 0 Å². The number of hydrogen-bond acceptors (Lipinski definition) is 4. The molecule has 17 heavy (non-hydrogen) atoms. The van der Waals surface area contributed by atoms with Gasteiger partial charge in [-0.1, -0.05) is 13.0 Å². The third-order valence-corrected chi connectivity index (χ3v) is 3.10. The Kier molecular flexibility index (Phi) is 4.97. The SMILES string of the molecule is C=CCC(NC)C(C)Cc1nccc(N)c1N. The highest BCUT2D eigenvalue weighted by Crippen LogP contribution is 2.21. The highest BCUT2D eigenvalue weighted by atomic mass is 14.9. The Morgan fingerprint density at radius 2 is 2.24 bits per heavy atom. The molecule has 2 unspecified atom stereocenters. The molecule has 1 aromatic rings. The van der Waals surface area contributed by atoms with E-state index in [1.807, 2.05) is 13.1 Å². The second-order valence-corrected chi connectivity index (χ2v) is 4.36. The molecule has 0 aromatic carbocycles. The van der Waals surface area contributed by atoms with Crippen LogP contribution in [0, 0.1) is 5.92 Å². The quantitative estimate of drug-likeness (QED) is 0.653. The molecule has 0 fully saturated rings. The van der Waals surface area contributed by atoms with Crippen molar-refractivity contribution in [3.05, 3.63) is 30.6 Å². The second kappa shape index (κ2) is 6.25. The van der Waals surface area contributed by atoms with Gasteiger partial charge in [-0.15, -0.1) is 6.58 Å². The van der Waals surface area contributed by atoms with Gasteiger partial charge < -0.3 is 16.8 Å². The topological polar surface area (TPSA) is 77.0 Å². The summed E-state index contributed by atoms with van der Waals surface area (Å²) in [6.07, 6.45) is 5.37. The van der Waals surface area contributed by atoms with E-state index in [4.69, 9.17) is 11.5 Å². The predicted octanol–water partition coefficient (Wildman–Crippen LogP) is 1.59. The minimum Gasteiger partial charge on any atom is -0.397 e. The predicted molar refractivity (Wildman–Crippen MR) is 73.6 cm³/mol. The lowest BCUT2D eigenvalue weighted by Gasteiger charge is -2.22. The summed E-state index contributed by atoms with van der Waals surface area (Å²) in [7, 11) is 1.96. The van der Waals surface area contributed by atoms with E-state index in [0.29, 0.717) is 23.3 Å². The van der Waals surface area contributed by atoms with Crippen molar-refractivity contribution in [3.8, 4) is 0 Å². The summed E-state index contributed by atoms with van der Waals surface area (Å²) in [6.45, 7) is 5.94. The molecule has 1 heterocycles. The average molecular weight is 234 g/mol. The van der Waals surface area contributed by atoms with Gasteiger partial charge in [-0.05, 0) is 31.9 Å². The van der Waals surface area contributed by atoms with Gasteiger partial charge in [0.2, 0.25) is 0 Å². The van der Waals surface area contributed by atoms with Crippen LogP contribution in [0.2, 0.25) is 0 Å². The van der Waals surface area contributed by atoms with Crippen LogP contribution in [0.15, 0.2) is 24.9 Å². The standard InChI is InChI=1S/C13H22N4/c1-4-5-11(16-3)9(2)8-12-13(15)10(14)6-7-17-12/h4,6-7,9,11,16H,1,5,8,15H2,2-3H3,(H2,14,17). The first-order valence-corrected chi connectivity index (χ1v) is 5.87. The second-order valence-electron chi connectivity index (χ2n) is 4.36. The number of anilines is 2. The lowest BCUT2D eigenvalue weighted by atomic mass is 9.93. The molecular weight excluding hydrogens is 212 g/mol. The van der Waals surface area contributed by atoms with Gasteiger partial charge >= 0.3 is 0 Å². The molecule has 0 saturated heterocycles. The molecule has 1 rings (SSSR count). The lowest BCUT2D eigenvalue weighted by Crippen LogP contribution is -2.33. The largest absolute Gasteiger partial charge is 0.397 e. The zero-order valence-electron chi connectivity index (χ0n) is 10.6. The van der Waals surface area contributed by atoms with Gasteiger partial charge in [-0.2, -0.15) is 0 Å². The van der Waals surface area contributed by atoms with Crippen LogP contribution in [0.3, 0.4) is 0 Å². The van der Waals surface area contributed by atoms with E-state index in [-0.39, 0.29) is 0 Å². The van der Waals surface area contributed by atoms with Crippen molar-refractivity contribution in [3.63, 3.8) is 0 Å². The van der Waals surface area contributed by atoms with E-state index in [1.54, 1.807) is 12.3 Å². The normalized spacial score (nSPS) is 14.2. The third kappa shape index (κ3) is 3.46. The molecule has 94 valence electrons.